The third kappa shape index (κ3) is 1.16. The van der Waals surface area contributed by atoms with Crippen LogP contribution in [0.5, 0.6) is 0 Å². The molecule has 0 aliphatic rings. The van der Waals surface area contributed by atoms with Crippen LogP contribution in [0.1, 0.15) is 4.88 Å². The first kappa shape index (κ1) is 7.24. The van der Waals surface area contributed by atoms with Gasteiger partial charge in [-0.05, 0) is 12.1 Å². The van der Waals surface area contributed by atoms with Gasteiger partial charge in [-0.15, -0.1) is 11.3 Å². The Morgan fingerprint density at radius 1 is 1.58 bits per heavy atom. The summed E-state index contributed by atoms with van der Waals surface area (Å²) in [5, 5.41) is 12.3. The Hall–Kier alpha value is -1.42. The molecule has 0 saturated carbocycles. The van der Waals surface area contributed by atoms with E-state index in [0.29, 0.717) is 0 Å². The fraction of sp³-hybridized carbons (Fsp3) is 0. The van der Waals surface area contributed by atoms with Crippen LogP contribution in [0, 0.1) is 0 Å². The molecule has 0 atom stereocenters. The molecule has 0 saturated heterocycles. The van der Waals surface area contributed by atoms with Crippen LogP contribution >= 0.6 is 11.3 Å². The van der Waals surface area contributed by atoms with Crippen molar-refractivity contribution in [2.45, 2.75) is 0 Å². The molecule has 2 rings (SSSR count). The summed E-state index contributed by atoms with van der Waals surface area (Å²) in [6.07, 6.45) is 3.16. The summed E-state index contributed by atoms with van der Waals surface area (Å²) < 4.78 is 0. The highest BCUT2D eigenvalue weighted by Gasteiger charge is 1.98. The van der Waals surface area contributed by atoms with Gasteiger partial charge < -0.3 is 5.21 Å². The molecular weight excluding hydrogens is 172 g/mol. The predicted molar refractivity (Wildman–Crippen MR) is 49.0 cm³/mol. The molecule has 0 amide bonds. The normalized spacial score (nSPS) is 11.3. The smallest absolute Gasteiger partial charge is 0.123 e. The van der Waals surface area contributed by atoms with Crippen LogP contribution in [0.4, 0.5) is 0 Å². The van der Waals surface area contributed by atoms with Gasteiger partial charge in [0, 0.05) is 11.6 Å². The molecule has 3 nitrogen and oxygen atoms in total. The zero-order valence-electron chi connectivity index (χ0n) is 6.14. The van der Waals surface area contributed by atoms with E-state index in [0.717, 1.165) is 15.1 Å². The van der Waals surface area contributed by atoms with Crippen LogP contribution in [0.25, 0.3) is 10.2 Å². The lowest BCUT2D eigenvalue weighted by atomic mass is 10.3. The monoisotopic (exact) mass is 178 g/mol. The van der Waals surface area contributed by atoms with E-state index in [2.05, 4.69) is 10.1 Å². The molecule has 0 fully saturated rings. The fourth-order valence-corrected chi connectivity index (χ4v) is 1.88. The summed E-state index contributed by atoms with van der Waals surface area (Å²) in [6.45, 7) is 0. The van der Waals surface area contributed by atoms with Gasteiger partial charge in [0.15, 0.2) is 0 Å². The van der Waals surface area contributed by atoms with E-state index in [4.69, 9.17) is 5.21 Å². The van der Waals surface area contributed by atoms with Crippen molar-refractivity contribution in [1.82, 2.24) is 4.98 Å². The quantitative estimate of drug-likeness (QED) is 0.413. The lowest BCUT2D eigenvalue weighted by Crippen LogP contribution is -1.68. The Morgan fingerprint density at radius 2 is 2.50 bits per heavy atom. The SMILES string of the molecule is ON=Cc1cc2cccnc2s1. The Balaban J connectivity index is 2.62. The Morgan fingerprint density at radius 3 is 3.25 bits per heavy atom. The van der Waals surface area contributed by atoms with Gasteiger partial charge in [0.2, 0.25) is 0 Å². The lowest BCUT2D eigenvalue weighted by molar-refractivity contribution is 0.322. The van der Waals surface area contributed by atoms with Crippen LogP contribution in [-0.2, 0) is 0 Å². The van der Waals surface area contributed by atoms with E-state index in [1.807, 2.05) is 18.2 Å². The number of rotatable bonds is 1. The third-order valence-corrected chi connectivity index (χ3v) is 2.49. The van der Waals surface area contributed by atoms with E-state index in [1.54, 1.807) is 6.20 Å². The molecule has 0 bridgehead atoms. The van der Waals surface area contributed by atoms with Crippen molar-refractivity contribution in [1.29, 1.82) is 0 Å². The highest BCUT2D eigenvalue weighted by Crippen LogP contribution is 2.21. The lowest BCUT2D eigenvalue weighted by Gasteiger charge is -1.81. The molecule has 0 radical (unpaired) electrons. The van der Waals surface area contributed by atoms with E-state index >= 15 is 0 Å². The molecule has 0 aromatic carbocycles. The number of hydrogen-bond donors (Lipinski definition) is 1. The molecule has 4 heteroatoms. The maximum absolute atomic E-state index is 8.30. The van der Waals surface area contributed by atoms with Crippen LogP contribution in [0.3, 0.4) is 0 Å². The molecule has 60 valence electrons. The van der Waals surface area contributed by atoms with E-state index in [9.17, 15) is 0 Å². The third-order valence-electron chi connectivity index (χ3n) is 1.50. The van der Waals surface area contributed by atoms with Crippen LogP contribution < -0.4 is 0 Å². The van der Waals surface area contributed by atoms with Crippen LogP contribution in [-0.4, -0.2) is 16.4 Å². The number of nitrogens with zero attached hydrogens (tertiary/aromatic N) is 2. The van der Waals surface area contributed by atoms with E-state index in [-0.39, 0.29) is 0 Å². The number of pyridine rings is 1. The molecule has 0 unspecified atom stereocenters. The van der Waals surface area contributed by atoms with Crippen molar-refractivity contribution in [2.24, 2.45) is 5.16 Å². The Labute approximate surface area is 73.0 Å². The molecule has 0 spiro atoms. The average Bonchev–Trinajstić information content (AvgIpc) is 2.47. The molecule has 2 heterocycles. The van der Waals surface area contributed by atoms with Crippen molar-refractivity contribution in [3.8, 4) is 0 Å². The molecular formula is C8H6N2OS. The van der Waals surface area contributed by atoms with Gasteiger partial charge in [-0.25, -0.2) is 4.98 Å². The average molecular weight is 178 g/mol. The molecule has 0 aliphatic carbocycles. The summed E-state index contributed by atoms with van der Waals surface area (Å²) in [6, 6.07) is 5.80. The van der Waals surface area contributed by atoms with E-state index < -0.39 is 0 Å². The van der Waals surface area contributed by atoms with Crippen LogP contribution in [0.2, 0.25) is 0 Å². The Kier molecular flexibility index (Phi) is 1.75. The van der Waals surface area contributed by atoms with Crippen molar-refractivity contribution in [3.63, 3.8) is 0 Å². The minimum atomic E-state index is 0.909. The first-order valence-electron chi connectivity index (χ1n) is 3.42. The summed E-state index contributed by atoms with van der Waals surface area (Å²) in [7, 11) is 0. The first-order valence-corrected chi connectivity index (χ1v) is 4.24. The van der Waals surface area contributed by atoms with Gasteiger partial charge in [0.1, 0.15) is 4.83 Å². The highest BCUT2D eigenvalue weighted by molar-refractivity contribution is 7.20. The van der Waals surface area contributed by atoms with Crippen molar-refractivity contribution in [3.05, 3.63) is 29.3 Å². The zero-order valence-corrected chi connectivity index (χ0v) is 6.95. The van der Waals surface area contributed by atoms with Crippen LogP contribution in [0.15, 0.2) is 29.6 Å². The topological polar surface area (TPSA) is 45.5 Å². The number of thiophene rings is 1. The van der Waals surface area contributed by atoms with Gasteiger partial charge in [-0.2, -0.15) is 0 Å². The molecule has 12 heavy (non-hydrogen) atoms. The number of fused-ring (bicyclic) bond motifs is 1. The van der Waals surface area contributed by atoms with E-state index in [1.165, 1.54) is 17.6 Å². The Bertz CT molecular complexity index is 389. The fourth-order valence-electron chi connectivity index (χ4n) is 1.01. The second kappa shape index (κ2) is 2.91. The molecule has 2 aromatic heterocycles. The number of oxime groups is 1. The summed E-state index contributed by atoms with van der Waals surface area (Å²) in [4.78, 5) is 6.03. The first-order chi connectivity index (χ1) is 5.90. The zero-order chi connectivity index (χ0) is 8.39. The molecule has 0 aliphatic heterocycles. The summed E-state index contributed by atoms with van der Waals surface area (Å²) >= 11 is 1.50. The largest absolute Gasteiger partial charge is 0.411 e. The minimum absolute atomic E-state index is 0.909. The second-order valence-electron chi connectivity index (χ2n) is 2.29. The number of hydrogen-bond acceptors (Lipinski definition) is 4. The van der Waals surface area contributed by atoms with Gasteiger partial charge in [-0.1, -0.05) is 11.2 Å². The van der Waals surface area contributed by atoms with Gasteiger partial charge in [0.05, 0.1) is 11.1 Å². The minimum Gasteiger partial charge on any atom is -0.411 e. The summed E-state index contributed by atoms with van der Waals surface area (Å²) in [5.74, 6) is 0. The van der Waals surface area contributed by atoms with Gasteiger partial charge in [0.25, 0.3) is 0 Å². The maximum atomic E-state index is 8.30. The van der Waals surface area contributed by atoms with Crippen molar-refractivity contribution >= 4 is 27.8 Å². The standard InChI is InChI=1S/C8H6N2OS/c11-10-5-7-4-6-2-1-3-9-8(6)12-7/h1-5,11H. The molecule has 2 aromatic rings. The second-order valence-corrected chi connectivity index (χ2v) is 3.35. The maximum Gasteiger partial charge on any atom is 0.123 e. The number of aromatic nitrogens is 1. The summed E-state index contributed by atoms with van der Waals surface area (Å²) in [5.41, 5.74) is 0. The van der Waals surface area contributed by atoms with Crippen molar-refractivity contribution < 1.29 is 5.21 Å². The van der Waals surface area contributed by atoms with Crippen molar-refractivity contribution in [2.75, 3.05) is 0 Å². The predicted octanol–water partition coefficient (Wildman–Crippen LogP) is 2.10. The van der Waals surface area contributed by atoms with Gasteiger partial charge in [-0.3, -0.25) is 0 Å². The molecule has 1 N–H and O–H groups in total. The van der Waals surface area contributed by atoms with Gasteiger partial charge >= 0.3 is 0 Å². The highest BCUT2D eigenvalue weighted by atomic mass is 32.1.